The maximum Gasteiger partial charge on any atom is 0.251 e. The van der Waals surface area contributed by atoms with Gasteiger partial charge in [0, 0.05) is 39.8 Å². The highest BCUT2D eigenvalue weighted by Gasteiger charge is 2.40. The molecule has 2 aliphatic heterocycles. The van der Waals surface area contributed by atoms with Crippen LogP contribution in [0.2, 0.25) is 0 Å². The highest BCUT2D eigenvalue weighted by Crippen LogP contribution is 2.42. The lowest BCUT2D eigenvalue weighted by molar-refractivity contribution is 0.0931. The van der Waals surface area contributed by atoms with Gasteiger partial charge in [0.1, 0.15) is 5.82 Å². The van der Waals surface area contributed by atoms with Crippen LogP contribution in [0.3, 0.4) is 0 Å². The van der Waals surface area contributed by atoms with E-state index >= 15 is 0 Å². The van der Waals surface area contributed by atoms with E-state index in [0.29, 0.717) is 23.2 Å². The van der Waals surface area contributed by atoms with Crippen LogP contribution in [-0.4, -0.2) is 39.4 Å². The average Bonchev–Trinajstić information content (AvgIpc) is 3.62. The van der Waals surface area contributed by atoms with Gasteiger partial charge in [-0.15, -0.1) is 0 Å². The second kappa shape index (κ2) is 9.24. The quantitative estimate of drug-likeness (QED) is 0.309. The third-order valence-corrected chi connectivity index (χ3v) is 8.59. The van der Waals surface area contributed by atoms with Crippen LogP contribution in [0, 0.1) is 11.7 Å². The number of halogens is 1. The van der Waals surface area contributed by atoms with Crippen molar-refractivity contribution in [3.63, 3.8) is 0 Å². The van der Waals surface area contributed by atoms with Crippen molar-refractivity contribution in [1.82, 2.24) is 15.5 Å². The number of piperidine rings is 1. The standard InChI is InChI=1S/C31H31FN4O2/c32-27-4-2-1-3-25(27)29(18-5-6-18)33-31(38)20-9-14-28-26(15-20)30(35-34-28)19-7-10-21(11-8-19)36-22-12-13-23(36)17-24(37)16-22/h1-4,7-11,14-15,18,22-24,29,37H,5-6,12-13,16-17H2,(H,33,38)(H,34,35)/t22-,23+,24?,29-/m1/s1. The molecule has 4 atom stereocenters. The number of anilines is 1. The molecule has 2 saturated heterocycles. The molecule has 4 aromatic rings. The number of nitrogens with one attached hydrogen (secondary N) is 2. The molecule has 38 heavy (non-hydrogen) atoms. The number of aromatic nitrogens is 2. The Kier molecular flexibility index (Phi) is 5.69. The van der Waals surface area contributed by atoms with Gasteiger partial charge in [0.05, 0.1) is 23.4 Å². The number of nitrogens with zero attached hydrogens (tertiary/aromatic N) is 2. The van der Waals surface area contributed by atoms with Crippen molar-refractivity contribution in [1.29, 1.82) is 0 Å². The van der Waals surface area contributed by atoms with Crippen molar-refractivity contribution in [2.24, 2.45) is 5.92 Å². The number of H-pyrrole nitrogens is 1. The maximum absolute atomic E-state index is 14.5. The molecule has 3 aromatic carbocycles. The number of rotatable bonds is 6. The van der Waals surface area contributed by atoms with E-state index in [-0.39, 0.29) is 29.8 Å². The summed E-state index contributed by atoms with van der Waals surface area (Å²) in [6, 6.07) is 21.2. The molecule has 2 bridgehead atoms. The van der Waals surface area contributed by atoms with Crippen LogP contribution in [0.15, 0.2) is 66.7 Å². The first-order chi connectivity index (χ1) is 18.5. The van der Waals surface area contributed by atoms with Gasteiger partial charge < -0.3 is 15.3 Å². The smallest absolute Gasteiger partial charge is 0.251 e. The van der Waals surface area contributed by atoms with Crippen molar-refractivity contribution in [2.45, 2.75) is 62.8 Å². The first-order valence-electron chi connectivity index (χ1n) is 13.7. The van der Waals surface area contributed by atoms with Crippen LogP contribution < -0.4 is 10.2 Å². The zero-order valence-corrected chi connectivity index (χ0v) is 21.1. The van der Waals surface area contributed by atoms with Gasteiger partial charge in [-0.25, -0.2) is 4.39 Å². The number of carbonyl (C=O) groups excluding carboxylic acids is 1. The molecule has 0 spiro atoms. The first-order valence-corrected chi connectivity index (χ1v) is 13.7. The molecule has 194 valence electrons. The van der Waals surface area contributed by atoms with Gasteiger partial charge >= 0.3 is 0 Å². The van der Waals surface area contributed by atoms with Crippen LogP contribution in [-0.2, 0) is 0 Å². The number of hydrogen-bond donors (Lipinski definition) is 3. The van der Waals surface area contributed by atoms with Gasteiger partial charge in [-0.1, -0.05) is 30.3 Å². The predicted molar refractivity (Wildman–Crippen MR) is 145 cm³/mol. The number of amides is 1. The first kappa shape index (κ1) is 23.4. The molecule has 1 amide bonds. The summed E-state index contributed by atoms with van der Waals surface area (Å²) >= 11 is 0. The molecule has 1 aliphatic carbocycles. The summed E-state index contributed by atoms with van der Waals surface area (Å²) in [4.78, 5) is 15.8. The zero-order valence-electron chi connectivity index (χ0n) is 21.1. The van der Waals surface area contributed by atoms with E-state index < -0.39 is 0 Å². The number of aliphatic hydroxyl groups is 1. The van der Waals surface area contributed by atoms with E-state index in [1.165, 1.54) is 11.8 Å². The van der Waals surface area contributed by atoms with Crippen LogP contribution in [0.1, 0.15) is 60.5 Å². The summed E-state index contributed by atoms with van der Waals surface area (Å²) in [5.74, 6) is -0.229. The number of fused-ring (bicyclic) bond motifs is 3. The number of aliphatic hydroxyl groups excluding tert-OH is 1. The molecule has 6 nitrogen and oxygen atoms in total. The van der Waals surface area contributed by atoms with E-state index in [1.807, 2.05) is 18.2 Å². The summed E-state index contributed by atoms with van der Waals surface area (Å²) in [6.07, 6.45) is 5.74. The van der Waals surface area contributed by atoms with Gasteiger partial charge in [0.15, 0.2) is 0 Å². The summed E-state index contributed by atoms with van der Waals surface area (Å²) in [5.41, 5.74) is 4.89. The normalized spacial score (nSPS) is 23.5. The van der Waals surface area contributed by atoms with Crippen molar-refractivity contribution >= 4 is 22.5 Å². The van der Waals surface area contributed by atoms with Crippen LogP contribution in [0.4, 0.5) is 10.1 Å². The van der Waals surface area contributed by atoms with Crippen LogP contribution in [0.5, 0.6) is 0 Å². The average molecular weight is 511 g/mol. The molecule has 1 aromatic heterocycles. The highest BCUT2D eigenvalue weighted by atomic mass is 19.1. The minimum absolute atomic E-state index is 0.184. The summed E-state index contributed by atoms with van der Waals surface area (Å²) < 4.78 is 14.5. The Morgan fingerprint density at radius 1 is 1.00 bits per heavy atom. The van der Waals surface area contributed by atoms with Gasteiger partial charge in [-0.05, 0) is 80.8 Å². The fraction of sp³-hybridized carbons (Fsp3) is 0.355. The van der Waals surface area contributed by atoms with Gasteiger partial charge in [0.25, 0.3) is 5.91 Å². The van der Waals surface area contributed by atoms with E-state index in [0.717, 1.165) is 60.7 Å². The van der Waals surface area contributed by atoms with Crippen molar-refractivity contribution in [3.05, 3.63) is 83.7 Å². The third kappa shape index (κ3) is 4.15. The number of carbonyl (C=O) groups is 1. The van der Waals surface area contributed by atoms with Crippen molar-refractivity contribution in [3.8, 4) is 11.3 Å². The fourth-order valence-electron chi connectivity index (χ4n) is 6.57. The topological polar surface area (TPSA) is 81.2 Å². The van der Waals surface area contributed by atoms with Gasteiger partial charge in [0.2, 0.25) is 0 Å². The Morgan fingerprint density at radius 3 is 2.45 bits per heavy atom. The lowest BCUT2D eigenvalue weighted by Crippen LogP contribution is -2.44. The molecular formula is C31H31FN4O2. The lowest BCUT2D eigenvalue weighted by atomic mass is 9.98. The Labute approximate surface area is 220 Å². The summed E-state index contributed by atoms with van der Waals surface area (Å²) in [5, 5.41) is 21.8. The summed E-state index contributed by atoms with van der Waals surface area (Å²) in [7, 11) is 0. The van der Waals surface area contributed by atoms with Crippen LogP contribution in [0.25, 0.3) is 22.2 Å². The SMILES string of the molecule is O=C(N[C@@H](c1ccccc1F)C1CC1)c1ccc2[nH]nc(-c3ccc(N4[C@@H]5CC[C@H]4CC(O)C5)cc3)c2c1. The van der Waals surface area contributed by atoms with E-state index in [4.69, 9.17) is 0 Å². The van der Waals surface area contributed by atoms with E-state index in [2.05, 4.69) is 44.7 Å². The monoisotopic (exact) mass is 510 g/mol. The second-order valence-corrected chi connectivity index (χ2v) is 11.1. The zero-order chi connectivity index (χ0) is 25.8. The molecule has 0 radical (unpaired) electrons. The predicted octanol–water partition coefficient (Wildman–Crippen LogP) is 5.74. The van der Waals surface area contributed by atoms with Gasteiger partial charge in [-0.3, -0.25) is 9.89 Å². The van der Waals surface area contributed by atoms with Gasteiger partial charge in [-0.2, -0.15) is 5.10 Å². The molecule has 3 N–H and O–H groups in total. The molecule has 3 heterocycles. The molecule has 7 heteroatoms. The van der Waals surface area contributed by atoms with Crippen molar-refractivity contribution < 1.29 is 14.3 Å². The molecule has 7 rings (SSSR count). The third-order valence-electron chi connectivity index (χ3n) is 8.59. The molecule has 3 aliphatic rings. The maximum atomic E-state index is 14.5. The summed E-state index contributed by atoms with van der Waals surface area (Å²) in [6.45, 7) is 0. The number of aromatic amines is 1. The fourth-order valence-corrected chi connectivity index (χ4v) is 6.57. The molecular weight excluding hydrogens is 479 g/mol. The Bertz CT molecular complexity index is 1480. The minimum atomic E-state index is -0.332. The minimum Gasteiger partial charge on any atom is -0.393 e. The Balaban J connectivity index is 1.14. The second-order valence-electron chi connectivity index (χ2n) is 11.1. The van der Waals surface area contributed by atoms with Crippen LogP contribution >= 0.6 is 0 Å². The number of hydrogen-bond acceptors (Lipinski definition) is 4. The molecule has 1 saturated carbocycles. The Hall–Kier alpha value is -3.71. The number of benzene rings is 3. The van der Waals surface area contributed by atoms with Crippen molar-refractivity contribution in [2.75, 3.05) is 4.90 Å². The largest absolute Gasteiger partial charge is 0.393 e. The Morgan fingerprint density at radius 2 is 1.74 bits per heavy atom. The highest BCUT2D eigenvalue weighted by molar-refractivity contribution is 6.01. The lowest BCUT2D eigenvalue weighted by Gasteiger charge is -2.39. The molecule has 3 fully saturated rings. The molecule has 1 unspecified atom stereocenters. The van der Waals surface area contributed by atoms with E-state index in [1.54, 1.807) is 18.2 Å². The van der Waals surface area contributed by atoms with E-state index in [9.17, 15) is 14.3 Å².